The molecule has 1 fully saturated rings. The predicted octanol–water partition coefficient (Wildman–Crippen LogP) is 4.13. The molecule has 32 heavy (non-hydrogen) atoms. The number of benzene rings is 3. The molecule has 1 N–H and O–H groups in total. The number of hydrogen-bond donors (Lipinski definition) is 1. The van der Waals surface area contributed by atoms with E-state index in [2.05, 4.69) is 9.80 Å². The number of piperazine rings is 1. The van der Waals surface area contributed by atoms with Crippen LogP contribution in [0.4, 0.5) is 5.69 Å². The normalized spacial score (nSPS) is 15.4. The van der Waals surface area contributed by atoms with Crippen molar-refractivity contribution in [3.8, 4) is 5.75 Å². The van der Waals surface area contributed by atoms with Gasteiger partial charge in [0.1, 0.15) is 18.5 Å². The zero-order valence-electron chi connectivity index (χ0n) is 17.9. The minimum Gasteiger partial charge on any atom is -0.491 e. The summed E-state index contributed by atoms with van der Waals surface area (Å²) in [5, 5.41) is 11.2. The van der Waals surface area contributed by atoms with Gasteiger partial charge in [0.2, 0.25) is 0 Å². The van der Waals surface area contributed by atoms with Gasteiger partial charge in [-0.05, 0) is 48.5 Å². The first-order chi connectivity index (χ1) is 15.6. The molecule has 1 aliphatic heterocycles. The zero-order valence-corrected chi connectivity index (χ0v) is 18.6. The number of β-amino-alcohol motifs (C(OH)–C–C–N with tert-alkyl or cyclic N) is 1. The van der Waals surface area contributed by atoms with Crippen LogP contribution in [0.5, 0.6) is 5.75 Å². The quantitative estimate of drug-likeness (QED) is 0.523. The van der Waals surface area contributed by atoms with Gasteiger partial charge < -0.3 is 14.7 Å². The number of rotatable bonds is 8. The maximum atomic E-state index is 12.5. The molecule has 0 bridgehead atoms. The molecule has 0 aromatic heterocycles. The van der Waals surface area contributed by atoms with Crippen molar-refractivity contribution >= 4 is 23.1 Å². The second kappa shape index (κ2) is 10.6. The number of nitrogens with zero attached hydrogens (tertiary/aromatic N) is 2. The number of aliphatic hydroxyl groups excluding tert-OH is 1. The van der Waals surface area contributed by atoms with Gasteiger partial charge in [-0.15, -0.1) is 0 Å². The van der Waals surface area contributed by atoms with Crippen molar-refractivity contribution in [3.63, 3.8) is 0 Å². The van der Waals surface area contributed by atoms with Crippen LogP contribution < -0.4 is 9.64 Å². The number of anilines is 1. The average Bonchev–Trinajstić information content (AvgIpc) is 2.84. The Morgan fingerprint density at radius 1 is 0.875 bits per heavy atom. The zero-order chi connectivity index (χ0) is 22.3. The van der Waals surface area contributed by atoms with Crippen molar-refractivity contribution in [3.05, 3.63) is 95.0 Å². The fourth-order valence-electron chi connectivity index (χ4n) is 3.84. The Morgan fingerprint density at radius 2 is 1.50 bits per heavy atom. The van der Waals surface area contributed by atoms with Gasteiger partial charge in [-0.25, -0.2) is 0 Å². The Labute approximate surface area is 193 Å². The number of halogens is 1. The third kappa shape index (κ3) is 5.88. The molecule has 1 saturated heterocycles. The number of hydrogen-bond acceptors (Lipinski definition) is 5. The van der Waals surface area contributed by atoms with Gasteiger partial charge in [0.05, 0.1) is 0 Å². The highest BCUT2D eigenvalue weighted by Crippen LogP contribution is 2.20. The fourth-order valence-corrected chi connectivity index (χ4v) is 3.97. The molecule has 5 nitrogen and oxygen atoms in total. The number of aliphatic hydroxyl groups is 1. The van der Waals surface area contributed by atoms with Crippen molar-refractivity contribution in [2.24, 2.45) is 0 Å². The Morgan fingerprint density at radius 3 is 2.16 bits per heavy atom. The first kappa shape index (κ1) is 22.3. The number of carbonyl (C=O) groups excluding carboxylic acids is 1. The van der Waals surface area contributed by atoms with E-state index in [4.69, 9.17) is 16.3 Å². The second-order valence-electron chi connectivity index (χ2n) is 7.95. The summed E-state index contributed by atoms with van der Waals surface area (Å²) in [6, 6.07) is 24.2. The lowest BCUT2D eigenvalue weighted by Gasteiger charge is -2.36. The molecular formula is C26H27ClN2O3. The smallest absolute Gasteiger partial charge is 0.193 e. The van der Waals surface area contributed by atoms with Crippen LogP contribution in [-0.2, 0) is 0 Å². The van der Waals surface area contributed by atoms with Crippen LogP contribution in [0.25, 0.3) is 0 Å². The molecule has 0 spiro atoms. The van der Waals surface area contributed by atoms with Crippen LogP contribution in [0, 0.1) is 0 Å². The van der Waals surface area contributed by atoms with Gasteiger partial charge in [-0.1, -0.05) is 41.9 Å². The SMILES string of the molecule is O=C(c1ccccc1)c1ccc(OC[C@H](O)CN2CCN(c3ccc(Cl)cc3)CC2)cc1. The highest BCUT2D eigenvalue weighted by atomic mass is 35.5. The second-order valence-corrected chi connectivity index (χ2v) is 8.38. The van der Waals surface area contributed by atoms with Crippen LogP contribution in [0.2, 0.25) is 5.02 Å². The minimum absolute atomic E-state index is 0.0186. The van der Waals surface area contributed by atoms with E-state index < -0.39 is 6.10 Å². The Hall–Kier alpha value is -2.86. The van der Waals surface area contributed by atoms with Crippen molar-refractivity contribution in [1.29, 1.82) is 0 Å². The lowest BCUT2D eigenvalue weighted by molar-refractivity contribution is 0.0663. The van der Waals surface area contributed by atoms with Crippen molar-refractivity contribution in [2.75, 3.05) is 44.2 Å². The summed E-state index contributed by atoms with van der Waals surface area (Å²) >= 11 is 5.97. The topological polar surface area (TPSA) is 53.0 Å². The van der Waals surface area contributed by atoms with E-state index >= 15 is 0 Å². The summed E-state index contributed by atoms with van der Waals surface area (Å²) in [5.41, 5.74) is 2.45. The number of ketones is 1. The molecule has 166 valence electrons. The van der Waals surface area contributed by atoms with Crippen molar-refractivity contribution in [1.82, 2.24) is 4.90 Å². The highest BCUT2D eigenvalue weighted by Gasteiger charge is 2.20. The maximum Gasteiger partial charge on any atom is 0.193 e. The summed E-state index contributed by atoms with van der Waals surface area (Å²) < 4.78 is 5.74. The average molecular weight is 451 g/mol. The van der Waals surface area contributed by atoms with Gasteiger partial charge >= 0.3 is 0 Å². The molecule has 1 heterocycles. The standard InChI is InChI=1S/C26H27ClN2O3/c27-22-8-10-23(11-9-22)29-16-14-28(15-17-29)18-24(30)19-32-25-12-6-21(7-13-25)26(31)20-4-2-1-3-5-20/h1-13,24,30H,14-19H2/t24-/m1/s1. The molecular weight excluding hydrogens is 424 g/mol. The van der Waals surface area contributed by atoms with Crippen LogP contribution >= 0.6 is 11.6 Å². The Bertz CT molecular complexity index is 1000. The monoisotopic (exact) mass is 450 g/mol. The molecule has 0 amide bonds. The molecule has 0 saturated carbocycles. The third-order valence-corrected chi connectivity index (χ3v) is 5.88. The Balaban J connectivity index is 1.21. The molecule has 0 aliphatic carbocycles. The molecule has 4 rings (SSSR count). The van der Waals surface area contributed by atoms with Gasteiger partial charge in [0.25, 0.3) is 0 Å². The number of carbonyl (C=O) groups is 1. The van der Waals surface area contributed by atoms with E-state index in [1.807, 2.05) is 42.5 Å². The van der Waals surface area contributed by atoms with E-state index in [0.717, 1.165) is 31.2 Å². The van der Waals surface area contributed by atoms with Gasteiger partial charge in [0, 0.05) is 54.6 Å². The lowest BCUT2D eigenvalue weighted by Crippen LogP contribution is -2.49. The molecule has 6 heteroatoms. The van der Waals surface area contributed by atoms with Crippen LogP contribution in [0.1, 0.15) is 15.9 Å². The van der Waals surface area contributed by atoms with Gasteiger partial charge in [-0.3, -0.25) is 9.69 Å². The highest BCUT2D eigenvalue weighted by molar-refractivity contribution is 6.30. The first-order valence-electron chi connectivity index (χ1n) is 10.8. The van der Waals surface area contributed by atoms with Crippen LogP contribution in [0.15, 0.2) is 78.9 Å². The van der Waals surface area contributed by atoms with E-state index in [1.165, 1.54) is 5.69 Å². The van der Waals surface area contributed by atoms with Crippen molar-refractivity contribution < 1.29 is 14.6 Å². The Kier molecular flexibility index (Phi) is 7.43. The minimum atomic E-state index is -0.581. The molecule has 0 radical (unpaired) electrons. The maximum absolute atomic E-state index is 12.5. The van der Waals surface area contributed by atoms with E-state index in [0.29, 0.717) is 23.4 Å². The van der Waals surface area contributed by atoms with E-state index in [-0.39, 0.29) is 12.4 Å². The summed E-state index contributed by atoms with van der Waals surface area (Å²) in [5.74, 6) is 0.621. The van der Waals surface area contributed by atoms with Crippen molar-refractivity contribution in [2.45, 2.75) is 6.10 Å². The summed E-state index contributed by atoms with van der Waals surface area (Å²) in [4.78, 5) is 17.1. The molecule has 3 aromatic carbocycles. The summed E-state index contributed by atoms with van der Waals surface area (Å²) in [7, 11) is 0. The molecule has 1 aliphatic rings. The van der Waals surface area contributed by atoms with Gasteiger partial charge in [-0.2, -0.15) is 0 Å². The third-order valence-electron chi connectivity index (χ3n) is 5.63. The summed E-state index contributed by atoms with van der Waals surface area (Å²) in [6.07, 6.45) is -0.581. The summed E-state index contributed by atoms with van der Waals surface area (Å²) in [6.45, 7) is 4.37. The fraction of sp³-hybridized carbons (Fsp3) is 0.269. The predicted molar refractivity (Wildman–Crippen MR) is 128 cm³/mol. The molecule has 1 atom stereocenters. The van der Waals surface area contributed by atoms with E-state index in [1.54, 1.807) is 36.4 Å². The molecule has 0 unspecified atom stereocenters. The lowest BCUT2D eigenvalue weighted by atomic mass is 10.0. The van der Waals surface area contributed by atoms with E-state index in [9.17, 15) is 9.90 Å². The number of ether oxygens (including phenoxy) is 1. The largest absolute Gasteiger partial charge is 0.491 e. The van der Waals surface area contributed by atoms with Crippen LogP contribution in [-0.4, -0.2) is 61.2 Å². The first-order valence-corrected chi connectivity index (χ1v) is 11.2. The molecule has 3 aromatic rings. The van der Waals surface area contributed by atoms with Gasteiger partial charge in [0.15, 0.2) is 5.78 Å². The van der Waals surface area contributed by atoms with Crippen LogP contribution in [0.3, 0.4) is 0 Å².